The van der Waals surface area contributed by atoms with Gasteiger partial charge in [0.1, 0.15) is 11.5 Å². The lowest BCUT2D eigenvalue weighted by Crippen LogP contribution is -1.96. The summed E-state index contributed by atoms with van der Waals surface area (Å²) in [5.74, 6) is 0.508. The van der Waals surface area contributed by atoms with Gasteiger partial charge in [0.05, 0.1) is 0 Å². The van der Waals surface area contributed by atoms with Gasteiger partial charge in [0.25, 0.3) is 0 Å². The topological polar surface area (TPSA) is 40.5 Å². The van der Waals surface area contributed by atoms with Gasteiger partial charge in [-0.15, -0.1) is 0 Å². The minimum Gasteiger partial charge on any atom is -0.507 e. The van der Waals surface area contributed by atoms with E-state index in [1.807, 2.05) is 86.7 Å². The van der Waals surface area contributed by atoms with E-state index >= 15 is 0 Å². The molecule has 0 aliphatic rings. The Bertz CT molecular complexity index is 1290. The van der Waals surface area contributed by atoms with Gasteiger partial charge in [0.15, 0.2) is 0 Å². The van der Waals surface area contributed by atoms with Gasteiger partial charge < -0.3 is 10.2 Å². The Balaban J connectivity index is 1.71. The van der Waals surface area contributed by atoms with Crippen molar-refractivity contribution in [1.29, 1.82) is 0 Å². The highest BCUT2D eigenvalue weighted by atomic mass is 16.3. The number of allylic oxidation sites excluding steroid dienone is 2. The lowest BCUT2D eigenvalue weighted by molar-refractivity contribution is 0.461. The van der Waals surface area contributed by atoms with Crippen LogP contribution in [0.1, 0.15) is 58.4 Å². The zero-order chi connectivity index (χ0) is 24.9. The highest BCUT2D eigenvalue weighted by Crippen LogP contribution is 2.35. The molecule has 0 unspecified atom stereocenters. The SMILES string of the molecule is CC(=Cc1cc(C)cc(Cc2cc(C)cc(C=C(C)c3ccccc3)c2O)c1O)c1ccccc1. The molecular formula is C33H32O2. The van der Waals surface area contributed by atoms with Crippen molar-refractivity contribution < 1.29 is 10.2 Å². The first-order valence-corrected chi connectivity index (χ1v) is 11.9. The third kappa shape index (κ3) is 5.73. The lowest BCUT2D eigenvalue weighted by atomic mass is 9.93. The molecule has 0 aliphatic heterocycles. The summed E-state index contributed by atoms with van der Waals surface area (Å²) in [5.41, 5.74) is 9.71. The van der Waals surface area contributed by atoms with Crippen LogP contribution in [0.5, 0.6) is 11.5 Å². The molecule has 0 heterocycles. The summed E-state index contributed by atoms with van der Waals surface area (Å²) in [6, 6.07) is 28.3. The van der Waals surface area contributed by atoms with Crippen molar-refractivity contribution in [2.24, 2.45) is 0 Å². The first-order valence-electron chi connectivity index (χ1n) is 11.9. The Morgan fingerprint density at radius 3 is 1.34 bits per heavy atom. The van der Waals surface area contributed by atoms with Crippen molar-refractivity contribution in [1.82, 2.24) is 0 Å². The van der Waals surface area contributed by atoms with Gasteiger partial charge in [-0.3, -0.25) is 0 Å². The molecule has 0 aliphatic carbocycles. The van der Waals surface area contributed by atoms with Crippen LogP contribution in [-0.2, 0) is 6.42 Å². The van der Waals surface area contributed by atoms with E-state index in [4.69, 9.17) is 0 Å². The molecule has 0 radical (unpaired) electrons. The molecule has 0 saturated heterocycles. The molecule has 2 heteroatoms. The molecule has 0 saturated carbocycles. The largest absolute Gasteiger partial charge is 0.507 e. The summed E-state index contributed by atoms with van der Waals surface area (Å²) in [5, 5.41) is 22.3. The van der Waals surface area contributed by atoms with Gasteiger partial charge in [-0.1, -0.05) is 72.8 Å². The Labute approximate surface area is 208 Å². The van der Waals surface area contributed by atoms with Crippen LogP contribution in [0.4, 0.5) is 0 Å². The first kappa shape index (κ1) is 24.1. The average molecular weight is 461 g/mol. The monoisotopic (exact) mass is 460 g/mol. The van der Waals surface area contributed by atoms with E-state index in [0.717, 1.165) is 55.7 Å². The predicted octanol–water partition coefficient (Wildman–Crippen LogP) is 8.43. The molecule has 0 amide bonds. The highest BCUT2D eigenvalue weighted by Gasteiger charge is 2.14. The van der Waals surface area contributed by atoms with E-state index in [-0.39, 0.29) is 11.5 Å². The van der Waals surface area contributed by atoms with E-state index in [0.29, 0.717) is 6.42 Å². The van der Waals surface area contributed by atoms with Crippen molar-refractivity contribution >= 4 is 23.3 Å². The van der Waals surface area contributed by atoms with Crippen molar-refractivity contribution in [2.75, 3.05) is 0 Å². The molecule has 0 bridgehead atoms. The Morgan fingerprint density at radius 1 is 0.600 bits per heavy atom. The summed E-state index contributed by atoms with van der Waals surface area (Å²) < 4.78 is 0. The molecule has 2 nitrogen and oxygen atoms in total. The van der Waals surface area contributed by atoms with Gasteiger partial charge in [0, 0.05) is 17.5 Å². The molecule has 4 aromatic carbocycles. The second kappa shape index (κ2) is 10.5. The minimum atomic E-state index is 0.254. The fourth-order valence-electron chi connectivity index (χ4n) is 4.50. The molecule has 4 rings (SSSR count). The first-order chi connectivity index (χ1) is 16.8. The summed E-state index contributed by atoms with van der Waals surface area (Å²) in [6.07, 6.45) is 4.49. The van der Waals surface area contributed by atoms with E-state index in [1.165, 1.54) is 0 Å². The quantitative estimate of drug-likeness (QED) is 0.283. The van der Waals surface area contributed by atoms with Crippen molar-refractivity contribution in [2.45, 2.75) is 34.1 Å². The van der Waals surface area contributed by atoms with Crippen LogP contribution in [0.15, 0.2) is 84.9 Å². The van der Waals surface area contributed by atoms with E-state index in [9.17, 15) is 10.2 Å². The molecular weight excluding hydrogens is 428 g/mol. The molecule has 0 atom stereocenters. The van der Waals surface area contributed by atoms with Crippen LogP contribution in [-0.4, -0.2) is 10.2 Å². The molecule has 4 aromatic rings. The standard InChI is InChI=1S/C33H32O2/c1-22-15-28(19-24(3)26-11-7-5-8-12-26)32(34)30(17-22)21-31-18-23(2)16-29(33(31)35)20-25(4)27-13-9-6-10-14-27/h5-20,34-35H,21H2,1-4H3. The van der Waals surface area contributed by atoms with Crippen LogP contribution in [0.2, 0.25) is 0 Å². The van der Waals surface area contributed by atoms with Gasteiger partial charge >= 0.3 is 0 Å². The number of hydrogen-bond acceptors (Lipinski definition) is 2. The summed E-state index contributed by atoms with van der Waals surface area (Å²) in [6.45, 7) is 8.17. The summed E-state index contributed by atoms with van der Waals surface area (Å²) >= 11 is 0. The molecule has 176 valence electrons. The van der Waals surface area contributed by atoms with E-state index in [2.05, 4.69) is 38.1 Å². The van der Waals surface area contributed by atoms with Crippen LogP contribution in [0.25, 0.3) is 23.3 Å². The van der Waals surface area contributed by atoms with Gasteiger partial charge in [-0.25, -0.2) is 0 Å². The lowest BCUT2D eigenvalue weighted by Gasteiger charge is -2.14. The van der Waals surface area contributed by atoms with Crippen LogP contribution >= 0.6 is 0 Å². The predicted molar refractivity (Wildman–Crippen MR) is 148 cm³/mol. The number of phenolic OH excluding ortho intramolecular Hbond substituents is 2. The number of hydrogen-bond donors (Lipinski definition) is 2. The fraction of sp³-hybridized carbons (Fsp3) is 0.152. The number of aromatic hydroxyl groups is 2. The van der Waals surface area contributed by atoms with E-state index in [1.54, 1.807) is 0 Å². The molecule has 35 heavy (non-hydrogen) atoms. The van der Waals surface area contributed by atoms with Crippen molar-refractivity contribution in [3.8, 4) is 11.5 Å². The number of phenols is 2. The zero-order valence-electron chi connectivity index (χ0n) is 20.8. The summed E-state index contributed by atoms with van der Waals surface area (Å²) in [7, 11) is 0. The zero-order valence-corrected chi connectivity index (χ0v) is 20.8. The van der Waals surface area contributed by atoms with Crippen LogP contribution < -0.4 is 0 Å². The second-order valence-corrected chi connectivity index (χ2v) is 9.29. The van der Waals surface area contributed by atoms with Crippen LogP contribution in [0, 0.1) is 13.8 Å². The third-order valence-corrected chi connectivity index (χ3v) is 6.31. The summed E-state index contributed by atoms with van der Waals surface area (Å²) in [4.78, 5) is 0. The second-order valence-electron chi connectivity index (χ2n) is 9.29. The number of rotatable bonds is 6. The fourth-order valence-corrected chi connectivity index (χ4v) is 4.50. The molecule has 2 N–H and O–H groups in total. The van der Waals surface area contributed by atoms with Gasteiger partial charge in [-0.05, 0) is 96.5 Å². The third-order valence-electron chi connectivity index (χ3n) is 6.31. The average Bonchev–Trinajstić information content (AvgIpc) is 2.85. The normalized spacial score (nSPS) is 12.1. The van der Waals surface area contributed by atoms with Crippen LogP contribution in [0.3, 0.4) is 0 Å². The minimum absolute atomic E-state index is 0.254. The van der Waals surface area contributed by atoms with Crippen molar-refractivity contribution in [3.63, 3.8) is 0 Å². The maximum Gasteiger partial charge on any atom is 0.126 e. The maximum atomic E-state index is 11.2. The van der Waals surface area contributed by atoms with Crippen molar-refractivity contribution in [3.05, 3.63) is 129 Å². The Hall–Kier alpha value is -4.04. The maximum absolute atomic E-state index is 11.2. The molecule has 0 aromatic heterocycles. The highest BCUT2D eigenvalue weighted by molar-refractivity contribution is 5.83. The Kier molecular flexibility index (Phi) is 7.22. The number of aryl methyl sites for hydroxylation is 2. The van der Waals surface area contributed by atoms with Gasteiger partial charge in [-0.2, -0.15) is 0 Å². The smallest absolute Gasteiger partial charge is 0.126 e. The number of benzene rings is 4. The molecule has 0 spiro atoms. The van der Waals surface area contributed by atoms with Gasteiger partial charge in [0.2, 0.25) is 0 Å². The Morgan fingerprint density at radius 2 is 0.971 bits per heavy atom. The van der Waals surface area contributed by atoms with E-state index < -0.39 is 0 Å². The molecule has 0 fully saturated rings.